The third-order valence-corrected chi connectivity index (χ3v) is 7.25. The van der Waals surface area contributed by atoms with Gasteiger partial charge in [-0.1, -0.05) is 30.0 Å². The summed E-state index contributed by atoms with van der Waals surface area (Å²) in [4.78, 5) is 17.4. The topological polar surface area (TPSA) is 63.5 Å². The molecule has 0 aliphatic carbocycles. The van der Waals surface area contributed by atoms with Crippen molar-refractivity contribution in [3.8, 4) is 5.69 Å². The molecule has 34 heavy (non-hydrogen) atoms. The fourth-order valence-electron chi connectivity index (χ4n) is 4.63. The number of hydrogen-bond acceptors (Lipinski definition) is 6. The minimum absolute atomic E-state index is 0.0472. The van der Waals surface area contributed by atoms with Crippen molar-refractivity contribution in [1.82, 2.24) is 19.7 Å². The molecule has 1 saturated heterocycles. The van der Waals surface area contributed by atoms with Gasteiger partial charge in [-0.05, 0) is 49.2 Å². The minimum Gasteiger partial charge on any atom is -0.379 e. The predicted molar refractivity (Wildman–Crippen MR) is 130 cm³/mol. The van der Waals surface area contributed by atoms with Crippen molar-refractivity contribution in [2.75, 3.05) is 43.5 Å². The fourth-order valence-corrected chi connectivity index (χ4v) is 5.46. The zero-order valence-corrected chi connectivity index (χ0v) is 20.0. The molecule has 1 amide bonds. The van der Waals surface area contributed by atoms with Crippen LogP contribution in [-0.2, 0) is 22.4 Å². The number of aromatic nitrogens is 3. The van der Waals surface area contributed by atoms with Gasteiger partial charge in [-0.3, -0.25) is 14.3 Å². The van der Waals surface area contributed by atoms with Gasteiger partial charge in [0, 0.05) is 43.5 Å². The van der Waals surface area contributed by atoms with Crippen LogP contribution in [0.25, 0.3) is 5.69 Å². The minimum atomic E-state index is -0.294. The lowest BCUT2D eigenvalue weighted by molar-refractivity contribution is -0.116. The average molecular weight is 482 g/mol. The Morgan fingerprint density at radius 2 is 1.88 bits per heavy atom. The van der Waals surface area contributed by atoms with Crippen LogP contribution in [0.4, 0.5) is 10.1 Å². The summed E-state index contributed by atoms with van der Waals surface area (Å²) in [6, 6.07) is 14.5. The van der Waals surface area contributed by atoms with Gasteiger partial charge in [0.25, 0.3) is 0 Å². The number of morpholine rings is 1. The number of thioether (sulfide) groups is 1. The summed E-state index contributed by atoms with van der Waals surface area (Å²) in [6.07, 6.45) is 1.57. The van der Waals surface area contributed by atoms with Crippen molar-refractivity contribution >= 4 is 23.4 Å². The molecule has 1 aromatic heterocycles. The maximum Gasteiger partial charge on any atom is 0.237 e. The average Bonchev–Trinajstić information content (AvgIpc) is 3.42. The van der Waals surface area contributed by atoms with Gasteiger partial charge in [-0.25, -0.2) is 4.39 Å². The number of para-hydroxylation sites is 1. The Morgan fingerprint density at radius 1 is 1.12 bits per heavy atom. The van der Waals surface area contributed by atoms with E-state index in [0.29, 0.717) is 11.6 Å². The molecule has 178 valence electrons. The van der Waals surface area contributed by atoms with Crippen LogP contribution in [0.2, 0.25) is 0 Å². The highest BCUT2D eigenvalue weighted by molar-refractivity contribution is 7.99. The third-order valence-electron chi connectivity index (χ3n) is 6.34. The molecule has 0 saturated carbocycles. The van der Waals surface area contributed by atoms with Gasteiger partial charge < -0.3 is 9.64 Å². The Kier molecular flexibility index (Phi) is 6.94. The van der Waals surface area contributed by atoms with E-state index in [0.717, 1.165) is 56.5 Å². The largest absolute Gasteiger partial charge is 0.379 e. The van der Waals surface area contributed by atoms with E-state index in [1.807, 2.05) is 27.7 Å². The molecule has 1 atom stereocenters. The zero-order chi connectivity index (χ0) is 23.5. The van der Waals surface area contributed by atoms with Crippen LogP contribution in [-0.4, -0.2) is 70.2 Å². The highest BCUT2D eigenvalue weighted by atomic mass is 32.2. The molecule has 7 nitrogen and oxygen atoms in total. The number of fused-ring (bicyclic) bond motifs is 1. The van der Waals surface area contributed by atoms with Crippen LogP contribution in [0.15, 0.2) is 53.7 Å². The first-order valence-electron chi connectivity index (χ1n) is 11.6. The number of halogens is 1. The van der Waals surface area contributed by atoms with E-state index >= 15 is 0 Å². The molecule has 2 aliphatic heterocycles. The number of ether oxygens (including phenoxy) is 1. The lowest BCUT2D eigenvalue weighted by Gasteiger charge is -2.26. The molecular formula is C25H28FN5O2S. The van der Waals surface area contributed by atoms with Crippen LogP contribution >= 0.6 is 11.8 Å². The van der Waals surface area contributed by atoms with E-state index in [-0.39, 0.29) is 23.5 Å². The van der Waals surface area contributed by atoms with Gasteiger partial charge >= 0.3 is 0 Å². The summed E-state index contributed by atoms with van der Waals surface area (Å²) in [5.74, 6) is 0.804. The van der Waals surface area contributed by atoms with Crippen LogP contribution in [0.3, 0.4) is 0 Å². The number of amides is 1. The molecule has 1 fully saturated rings. The molecule has 0 bridgehead atoms. The molecule has 2 aromatic carbocycles. The standard InChI is InChI=1S/C25H28FN5O2S/c1-18-16-19-4-2-3-5-22(19)30(18)24(32)17-34-25-28-27-23(10-11-29-12-14-33-15-13-29)31(25)21-8-6-20(26)7-9-21/h2-9,18H,10-17H2,1H3/t18-/m0/s1. The van der Waals surface area contributed by atoms with Gasteiger partial charge in [0.1, 0.15) is 11.6 Å². The van der Waals surface area contributed by atoms with Gasteiger partial charge in [0.05, 0.1) is 19.0 Å². The molecule has 2 aliphatic rings. The number of rotatable bonds is 7. The summed E-state index contributed by atoms with van der Waals surface area (Å²) < 4.78 is 21.0. The normalized spacial score (nSPS) is 18.3. The van der Waals surface area contributed by atoms with Crippen LogP contribution < -0.4 is 4.90 Å². The zero-order valence-electron chi connectivity index (χ0n) is 19.2. The number of hydrogen-bond donors (Lipinski definition) is 0. The highest BCUT2D eigenvalue weighted by Gasteiger charge is 2.30. The third kappa shape index (κ3) is 4.87. The summed E-state index contributed by atoms with van der Waals surface area (Å²) in [7, 11) is 0. The van der Waals surface area contributed by atoms with Gasteiger partial charge in [0.15, 0.2) is 5.16 Å². The number of benzene rings is 2. The second-order valence-electron chi connectivity index (χ2n) is 8.65. The Hall–Kier alpha value is -2.75. The van der Waals surface area contributed by atoms with E-state index < -0.39 is 0 Å². The van der Waals surface area contributed by atoms with Crippen LogP contribution in [0, 0.1) is 5.82 Å². The summed E-state index contributed by atoms with van der Waals surface area (Å²) in [5.41, 5.74) is 2.98. The Labute approximate surface area is 202 Å². The first-order valence-corrected chi connectivity index (χ1v) is 12.6. The molecule has 0 unspecified atom stereocenters. The van der Waals surface area contributed by atoms with Gasteiger partial charge in [-0.2, -0.15) is 0 Å². The van der Waals surface area contributed by atoms with E-state index in [2.05, 4.69) is 28.1 Å². The smallest absolute Gasteiger partial charge is 0.237 e. The summed E-state index contributed by atoms with van der Waals surface area (Å²) in [5, 5.41) is 9.49. The Balaban J connectivity index is 1.34. The quantitative estimate of drug-likeness (QED) is 0.483. The number of nitrogens with zero attached hydrogens (tertiary/aromatic N) is 5. The van der Waals surface area contributed by atoms with Crippen LogP contribution in [0.1, 0.15) is 18.3 Å². The van der Waals surface area contributed by atoms with Crippen LogP contribution in [0.5, 0.6) is 0 Å². The van der Waals surface area contributed by atoms with Crippen molar-refractivity contribution < 1.29 is 13.9 Å². The number of carbonyl (C=O) groups is 1. The van der Waals surface area contributed by atoms with Gasteiger partial charge in [-0.15, -0.1) is 10.2 Å². The van der Waals surface area contributed by atoms with Crippen molar-refractivity contribution in [3.05, 3.63) is 65.7 Å². The van der Waals surface area contributed by atoms with Crippen molar-refractivity contribution in [2.24, 2.45) is 0 Å². The number of anilines is 1. The maximum atomic E-state index is 13.6. The second-order valence-corrected chi connectivity index (χ2v) is 9.59. The molecule has 3 heterocycles. The first kappa shape index (κ1) is 23.0. The highest BCUT2D eigenvalue weighted by Crippen LogP contribution is 2.33. The molecule has 0 N–H and O–H groups in total. The second kappa shape index (κ2) is 10.2. The molecule has 3 aromatic rings. The summed E-state index contributed by atoms with van der Waals surface area (Å²) >= 11 is 1.37. The monoisotopic (exact) mass is 481 g/mol. The molecule has 0 radical (unpaired) electrons. The molecule has 9 heteroatoms. The maximum absolute atomic E-state index is 13.6. The molecule has 5 rings (SSSR count). The van der Waals surface area contributed by atoms with E-state index in [1.165, 1.54) is 29.5 Å². The van der Waals surface area contributed by atoms with Crippen molar-refractivity contribution in [1.29, 1.82) is 0 Å². The lowest BCUT2D eigenvalue weighted by Crippen LogP contribution is -2.37. The SMILES string of the molecule is C[C@H]1Cc2ccccc2N1C(=O)CSc1nnc(CCN2CCOCC2)n1-c1ccc(F)cc1. The Morgan fingerprint density at radius 3 is 2.68 bits per heavy atom. The fraction of sp³-hybridized carbons (Fsp3) is 0.400. The van der Waals surface area contributed by atoms with E-state index in [9.17, 15) is 9.18 Å². The van der Waals surface area contributed by atoms with E-state index in [4.69, 9.17) is 4.74 Å². The van der Waals surface area contributed by atoms with Gasteiger partial charge in [0.2, 0.25) is 5.91 Å². The molecule has 0 spiro atoms. The predicted octanol–water partition coefficient (Wildman–Crippen LogP) is 3.35. The van der Waals surface area contributed by atoms with Crippen molar-refractivity contribution in [2.45, 2.75) is 31.0 Å². The Bertz CT molecular complexity index is 1150. The summed E-state index contributed by atoms with van der Waals surface area (Å²) in [6.45, 7) is 6.20. The van der Waals surface area contributed by atoms with E-state index in [1.54, 1.807) is 12.1 Å². The lowest BCUT2D eigenvalue weighted by atomic mass is 10.1. The van der Waals surface area contributed by atoms with Crippen molar-refractivity contribution in [3.63, 3.8) is 0 Å². The molecular weight excluding hydrogens is 453 g/mol. The number of carbonyl (C=O) groups excluding carboxylic acids is 1. The first-order chi connectivity index (χ1) is 16.6.